The molecule has 1 fully saturated rings. The standard InChI is InChI=1S/C18H24N6O2/c1-12-16(9-20-17(21-12)13-5-4-6-19-8-13)18(25)24(2)10-14-7-15(11-26-3)23-22-14/h4-6,8-9,14-15,22-23H,7,10-11H2,1-3H3. The number of ether oxygens (including phenoxy) is 1. The predicted molar refractivity (Wildman–Crippen MR) is 97.3 cm³/mol. The van der Waals surface area contributed by atoms with Crippen LogP contribution in [0.3, 0.4) is 0 Å². The highest BCUT2D eigenvalue weighted by Crippen LogP contribution is 2.16. The van der Waals surface area contributed by atoms with Gasteiger partial charge < -0.3 is 9.64 Å². The number of hydrazine groups is 1. The fraction of sp³-hybridized carbons (Fsp3) is 0.444. The van der Waals surface area contributed by atoms with Crippen LogP contribution in [0.4, 0.5) is 0 Å². The maximum atomic E-state index is 12.8. The lowest BCUT2D eigenvalue weighted by Gasteiger charge is -2.21. The van der Waals surface area contributed by atoms with Gasteiger partial charge in [-0.2, -0.15) is 0 Å². The Hall–Kier alpha value is -2.42. The second-order valence-corrected chi connectivity index (χ2v) is 6.49. The molecule has 2 unspecified atom stereocenters. The number of amides is 1. The summed E-state index contributed by atoms with van der Waals surface area (Å²) in [7, 11) is 3.48. The average Bonchev–Trinajstić information content (AvgIpc) is 3.09. The number of aryl methyl sites for hydroxylation is 1. The first-order valence-corrected chi connectivity index (χ1v) is 8.58. The van der Waals surface area contributed by atoms with E-state index in [9.17, 15) is 4.79 Å². The Morgan fingerprint density at radius 2 is 2.15 bits per heavy atom. The van der Waals surface area contributed by atoms with Crippen molar-refractivity contribution in [3.05, 3.63) is 42.0 Å². The molecule has 1 saturated heterocycles. The third-order valence-electron chi connectivity index (χ3n) is 4.40. The fourth-order valence-electron chi connectivity index (χ4n) is 3.06. The largest absolute Gasteiger partial charge is 0.383 e. The molecule has 3 rings (SSSR count). The molecule has 2 aromatic heterocycles. The maximum absolute atomic E-state index is 12.8. The number of hydrogen-bond acceptors (Lipinski definition) is 7. The molecule has 1 amide bonds. The van der Waals surface area contributed by atoms with Crippen molar-refractivity contribution in [2.24, 2.45) is 0 Å². The minimum absolute atomic E-state index is 0.0859. The number of nitrogens with zero attached hydrogens (tertiary/aromatic N) is 4. The summed E-state index contributed by atoms with van der Waals surface area (Å²) in [5, 5.41) is 0. The number of aromatic nitrogens is 3. The van der Waals surface area contributed by atoms with Crippen LogP contribution in [0.5, 0.6) is 0 Å². The molecule has 2 N–H and O–H groups in total. The van der Waals surface area contributed by atoms with E-state index >= 15 is 0 Å². The first kappa shape index (κ1) is 18.4. The number of hydrogen-bond donors (Lipinski definition) is 2. The molecular weight excluding hydrogens is 332 g/mol. The van der Waals surface area contributed by atoms with Crippen LogP contribution in [-0.2, 0) is 4.74 Å². The summed E-state index contributed by atoms with van der Waals surface area (Å²) in [4.78, 5) is 27.4. The van der Waals surface area contributed by atoms with Gasteiger partial charge in [-0.1, -0.05) is 0 Å². The Morgan fingerprint density at radius 3 is 2.85 bits per heavy atom. The molecule has 1 aliphatic rings. The monoisotopic (exact) mass is 356 g/mol. The van der Waals surface area contributed by atoms with Crippen molar-refractivity contribution in [1.29, 1.82) is 0 Å². The number of pyridine rings is 1. The van der Waals surface area contributed by atoms with Crippen LogP contribution in [0.15, 0.2) is 30.7 Å². The number of rotatable bonds is 6. The van der Waals surface area contributed by atoms with Crippen LogP contribution in [0, 0.1) is 6.92 Å². The summed E-state index contributed by atoms with van der Waals surface area (Å²) in [5.41, 5.74) is 8.40. The Labute approximate surface area is 153 Å². The number of carbonyl (C=O) groups excluding carboxylic acids is 1. The molecule has 2 atom stereocenters. The molecule has 0 bridgehead atoms. The number of carbonyl (C=O) groups is 1. The lowest BCUT2D eigenvalue weighted by Crippen LogP contribution is -2.42. The minimum atomic E-state index is -0.0859. The zero-order valence-electron chi connectivity index (χ0n) is 15.3. The molecule has 26 heavy (non-hydrogen) atoms. The number of nitrogens with one attached hydrogen (secondary N) is 2. The number of methoxy groups -OCH3 is 1. The van der Waals surface area contributed by atoms with Crippen molar-refractivity contribution < 1.29 is 9.53 Å². The molecule has 0 aromatic carbocycles. The molecule has 2 aromatic rings. The van der Waals surface area contributed by atoms with Gasteiger partial charge in [0.2, 0.25) is 0 Å². The average molecular weight is 356 g/mol. The maximum Gasteiger partial charge on any atom is 0.257 e. The molecule has 8 nitrogen and oxygen atoms in total. The molecule has 1 aliphatic heterocycles. The van der Waals surface area contributed by atoms with E-state index < -0.39 is 0 Å². The molecule has 138 valence electrons. The molecule has 0 saturated carbocycles. The van der Waals surface area contributed by atoms with Crippen LogP contribution < -0.4 is 10.9 Å². The van der Waals surface area contributed by atoms with Gasteiger partial charge in [-0.25, -0.2) is 9.97 Å². The van der Waals surface area contributed by atoms with E-state index in [4.69, 9.17) is 4.74 Å². The van der Waals surface area contributed by atoms with Crippen molar-refractivity contribution in [3.8, 4) is 11.4 Å². The van der Waals surface area contributed by atoms with E-state index in [-0.39, 0.29) is 18.0 Å². The van der Waals surface area contributed by atoms with Gasteiger partial charge in [0.05, 0.1) is 17.9 Å². The molecular formula is C18H24N6O2. The first-order valence-electron chi connectivity index (χ1n) is 8.58. The van der Waals surface area contributed by atoms with Gasteiger partial charge >= 0.3 is 0 Å². The topological polar surface area (TPSA) is 92.3 Å². The van der Waals surface area contributed by atoms with Gasteiger partial charge in [-0.05, 0) is 25.5 Å². The quantitative estimate of drug-likeness (QED) is 0.791. The Bertz CT molecular complexity index is 755. The number of likely N-dealkylation sites (N-methyl/N-ethyl adjacent to an activating group) is 1. The third-order valence-corrected chi connectivity index (χ3v) is 4.40. The highest BCUT2D eigenvalue weighted by atomic mass is 16.5. The Kier molecular flexibility index (Phi) is 5.87. The van der Waals surface area contributed by atoms with Crippen molar-refractivity contribution in [2.75, 3.05) is 27.3 Å². The van der Waals surface area contributed by atoms with E-state index in [2.05, 4.69) is 25.8 Å². The van der Waals surface area contributed by atoms with Crippen LogP contribution in [0.2, 0.25) is 0 Å². The van der Waals surface area contributed by atoms with Crippen molar-refractivity contribution >= 4 is 5.91 Å². The van der Waals surface area contributed by atoms with E-state index in [1.807, 2.05) is 19.1 Å². The minimum Gasteiger partial charge on any atom is -0.383 e. The van der Waals surface area contributed by atoms with E-state index in [1.54, 1.807) is 37.6 Å². The summed E-state index contributed by atoms with van der Waals surface area (Å²) < 4.78 is 5.16. The Balaban J connectivity index is 1.66. The SMILES string of the molecule is COCC1CC(CN(C)C(=O)c2cnc(-c3cccnc3)nc2C)NN1. The van der Waals surface area contributed by atoms with Crippen molar-refractivity contribution in [1.82, 2.24) is 30.7 Å². The van der Waals surface area contributed by atoms with Crippen molar-refractivity contribution in [2.45, 2.75) is 25.4 Å². The third kappa shape index (κ3) is 4.21. The van der Waals surface area contributed by atoms with E-state index in [0.717, 1.165) is 12.0 Å². The summed E-state index contributed by atoms with van der Waals surface area (Å²) in [6.45, 7) is 3.06. The summed E-state index contributed by atoms with van der Waals surface area (Å²) in [6, 6.07) is 4.17. The zero-order valence-corrected chi connectivity index (χ0v) is 15.3. The normalized spacial score (nSPS) is 19.5. The Morgan fingerprint density at radius 1 is 1.35 bits per heavy atom. The highest BCUT2D eigenvalue weighted by molar-refractivity contribution is 5.95. The van der Waals surface area contributed by atoms with Crippen molar-refractivity contribution in [3.63, 3.8) is 0 Å². The van der Waals surface area contributed by atoms with Gasteiger partial charge in [-0.3, -0.25) is 20.6 Å². The van der Waals surface area contributed by atoms with Gasteiger partial charge in [0, 0.05) is 56.9 Å². The lowest BCUT2D eigenvalue weighted by atomic mass is 10.1. The summed E-state index contributed by atoms with van der Waals surface area (Å²) >= 11 is 0. The first-order chi connectivity index (χ1) is 12.6. The zero-order chi connectivity index (χ0) is 18.5. The van der Waals surface area contributed by atoms with E-state index in [0.29, 0.717) is 30.2 Å². The van der Waals surface area contributed by atoms with E-state index in [1.165, 1.54) is 0 Å². The summed E-state index contributed by atoms with van der Waals surface area (Å²) in [6.07, 6.45) is 5.91. The molecule has 0 radical (unpaired) electrons. The van der Waals surface area contributed by atoms with Gasteiger partial charge in [0.25, 0.3) is 5.91 Å². The molecule has 0 aliphatic carbocycles. The van der Waals surface area contributed by atoms with Crippen LogP contribution in [0.25, 0.3) is 11.4 Å². The molecule has 3 heterocycles. The van der Waals surface area contributed by atoms with Gasteiger partial charge in [0.1, 0.15) is 0 Å². The predicted octanol–water partition coefficient (Wildman–Crippen LogP) is 0.801. The summed E-state index contributed by atoms with van der Waals surface area (Å²) in [5.74, 6) is 0.482. The molecule has 0 spiro atoms. The molecule has 8 heteroatoms. The van der Waals surface area contributed by atoms with Gasteiger partial charge in [-0.15, -0.1) is 0 Å². The van der Waals surface area contributed by atoms with Crippen LogP contribution in [-0.4, -0.2) is 65.2 Å². The second kappa shape index (κ2) is 8.31. The van der Waals surface area contributed by atoms with Crippen LogP contribution in [0.1, 0.15) is 22.5 Å². The lowest BCUT2D eigenvalue weighted by molar-refractivity contribution is 0.0781. The van der Waals surface area contributed by atoms with Gasteiger partial charge in [0.15, 0.2) is 5.82 Å². The smallest absolute Gasteiger partial charge is 0.257 e. The highest BCUT2D eigenvalue weighted by Gasteiger charge is 2.26. The van der Waals surface area contributed by atoms with Crippen LogP contribution >= 0.6 is 0 Å². The second-order valence-electron chi connectivity index (χ2n) is 6.49. The fourth-order valence-corrected chi connectivity index (χ4v) is 3.06.